The summed E-state index contributed by atoms with van der Waals surface area (Å²) in [4.78, 5) is 0. The predicted octanol–water partition coefficient (Wildman–Crippen LogP) is 3.45. The third-order valence-corrected chi connectivity index (χ3v) is 2.06. The fourth-order valence-electron chi connectivity index (χ4n) is 1.23. The summed E-state index contributed by atoms with van der Waals surface area (Å²) in [5, 5.41) is 2.91. The molecule has 0 amide bonds. The Balaban J connectivity index is 2.27. The van der Waals surface area contributed by atoms with Crippen molar-refractivity contribution in [2.24, 2.45) is 0 Å². The molecule has 0 aliphatic carbocycles. The number of ether oxygens (including phenoxy) is 1. The van der Waals surface area contributed by atoms with Gasteiger partial charge >= 0.3 is 6.18 Å². The zero-order valence-corrected chi connectivity index (χ0v) is 8.97. The Kier molecular flexibility index (Phi) is 4.46. The van der Waals surface area contributed by atoms with Gasteiger partial charge in [0.2, 0.25) is 0 Å². The summed E-state index contributed by atoms with van der Waals surface area (Å²) >= 11 is 0. The van der Waals surface area contributed by atoms with Gasteiger partial charge in [-0.1, -0.05) is 0 Å². The van der Waals surface area contributed by atoms with E-state index >= 15 is 0 Å². The fraction of sp³-hybridized carbons (Fsp3) is 0.455. The Hall–Kier alpha value is -1.39. The van der Waals surface area contributed by atoms with Crippen LogP contribution in [0.3, 0.4) is 0 Å². The van der Waals surface area contributed by atoms with Crippen LogP contribution in [0.25, 0.3) is 0 Å². The van der Waals surface area contributed by atoms with Gasteiger partial charge in [0.05, 0.1) is 7.11 Å². The van der Waals surface area contributed by atoms with Gasteiger partial charge in [-0.25, -0.2) is 0 Å². The molecular weight excluding hydrogens is 219 g/mol. The number of halogens is 3. The molecule has 1 N–H and O–H groups in total. The number of methoxy groups -OCH3 is 1. The first-order valence-corrected chi connectivity index (χ1v) is 4.96. The molecule has 2 nitrogen and oxygen atoms in total. The van der Waals surface area contributed by atoms with Crippen molar-refractivity contribution in [3.05, 3.63) is 24.3 Å². The quantitative estimate of drug-likeness (QED) is 0.786. The highest BCUT2D eigenvalue weighted by molar-refractivity contribution is 5.46. The normalized spacial score (nSPS) is 11.2. The Labute approximate surface area is 92.4 Å². The molecule has 0 saturated heterocycles. The van der Waals surface area contributed by atoms with Gasteiger partial charge in [0.1, 0.15) is 5.75 Å². The lowest BCUT2D eigenvalue weighted by Crippen LogP contribution is -2.10. The van der Waals surface area contributed by atoms with Gasteiger partial charge in [0, 0.05) is 18.7 Å². The summed E-state index contributed by atoms with van der Waals surface area (Å²) < 4.78 is 40.5. The maximum absolute atomic E-state index is 11.8. The van der Waals surface area contributed by atoms with E-state index in [1.807, 2.05) is 0 Å². The smallest absolute Gasteiger partial charge is 0.389 e. The van der Waals surface area contributed by atoms with Gasteiger partial charge in [-0.05, 0) is 30.7 Å². The minimum atomic E-state index is -4.07. The van der Waals surface area contributed by atoms with Crippen molar-refractivity contribution in [1.82, 2.24) is 0 Å². The molecule has 0 aromatic heterocycles. The molecule has 0 heterocycles. The lowest BCUT2D eigenvalue weighted by Gasteiger charge is -2.08. The van der Waals surface area contributed by atoms with Crippen LogP contribution >= 0.6 is 0 Å². The third kappa shape index (κ3) is 4.91. The van der Waals surface area contributed by atoms with Crippen LogP contribution in [0.2, 0.25) is 0 Å². The average molecular weight is 233 g/mol. The average Bonchev–Trinajstić information content (AvgIpc) is 2.24. The minimum absolute atomic E-state index is 0.0789. The van der Waals surface area contributed by atoms with E-state index in [-0.39, 0.29) is 6.42 Å². The van der Waals surface area contributed by atoms with E-state index in [9.17, 15) is 13.2 Å². The molecule has 0 atom stereocenters. The van der Waals surface area contributed by atoms with Crippen LogP contribution in [0.4, 0.5) is 18.9 Å². The van der Waals surface area contributed by atoms with Gasteiger partial charge in [0.25, 0.3) is 0 Å². The molecule has 5 heteroatoms. The van der Waals surface area contributed by atoms with Crippen LogP contribution in [0.5, 0.6) is 5.75 Å². The third-order valence-electron chi connectivity index (χ3n) is 2.06. The molecule has 0 unspecified atom stereocenters. The van der Waals surface area contributed by atoms with Crippen molar-refractivity contribution in [2.45, 2.75) is 19.0 Å². The van der Waals surface area contributed by atoms with Gasteiger partial charge in [0.15, 0.2) is 0 Å². The van der Waals surface area contributed by atoms with Crippen LogP contribution in [0, 0.1) is 0 Å². The molecule has 1 rings (SSSR count). The number of alkyl halides is 3. The van der Waals surface area contributed by atoms with Gasteiger partial charge < -0.3 is 10.1 Å². The first-order valence-electron chi connectivity index (χ1n) is 4.96. The lowest BCUT2D eigenvalue weighted by molar-refractivity contribution is -0.134. The highest BCUT2D eigenvalue weighted by atomic mass is 19.4. The Morgan fingerprint density at radius 1 is 1.19 bits per heavy atom. The Morgan fingerprint density at radius 3 is 2.31 bits per heavy atom. The molecule has 0 spiro atoms. The van der Waals surface area contributed by atoms with E-state index in [1.165, 1.54) is 0 Å². The number of rotatable bonds is 5. The molecule has 0 aliphatic rings. The van der Waals surface area contributed by atoms with E-state index in [0.717, 1.165) is 11.4 Å². The highest BCUT2D eigenvalue weighted by Gasteiger charge is 2.25. The van der Waals surface area contributed by atoms with Crippen LogP contribution in [-0.2, 0) is 0 Å². The summed E-state index contributed by atoms with van der Waals surface area (Å²) in [5.41, 5.74) is 0.794. The minimum Gasteiger partial charge on any atom is -0.497 e. The van der Waals surface area contributed by atoms with Gasteiger partial charge in [-0.15, -0.1) is 0 Å². The lowest BCUT2D eigenvalue weighted by atomic mass is 10.2. The highest BCUT2D eigenvalue weighted by Crippen LogP contribution is 2.21. The van der Waals surface area contributed by atoms with Crippen molar-refractivity contribution in [2.75, 3.05) is 19.0 Å². The molecular formula is C11H14F3NO. The SMILES string of the molecule is COc1ccc(NCCCC(F)(F)F)cc1. The second kappa shape index (κ2) is 5.63. The molecule has 0 fully saturated rings. The monoisotopic (exact) mass is 233 g/mol. The first kappa shape index (κ1) is 12.7. The largest absolute Gasteiger partial charge is 0.497 e. The molecule has 0 aliphatic heterocycles. The first-order chi connectivity index (χ1) is 7.51. The Morgan fingerprint density at radius 2 is 1.81 bits per heavy atom. The summed E-state index contributed by atoms with van der Waals surface area (Å²) in [6.45, 7) is 0.311. The van der Waals surface area contributed by atoms with Gasteiger partial charge in [-0.2, -0.15) is 13.2 Å². The van der Waals surface area contributed by atoms with Crippen molar-refractivity contribution in [3.63, 3.8) is 0 Å². The summed E-state index contributed by atoms with van der Waals surface area (Å²) in [6.07, 6.45) is -4.74. The molecule has 0 bridgehead atoms. The summed E-state index contributed by atoms with van der Waals surface area (Å²) in [6, 6.07) is 7.05. The number of benzene rings is 1. The Bertz CT molecular complexity index is 308. The topological polar surface area (TPSA) is 21.3 Å². The zero-order chi connectivity index (χ0) is 12.0. The molecule has 1 aromatic carbocycles. The number of hydrogen-bond donors (Lipinski definition) is 1. The van der Waals surface area contributed by atoms with E-state index in [0.29, 0.717) is 6.54 Å². The molecule has 1 aromatic rings. The number of hydrogen-bond acceptors (Lipinski definition) is 2. The molecule has 16 heavy (non-hydrogen) atoms. The fourth-order valence-corrected chi connectivity index (χ4v) is 1.23. The second-order valence-corrected chi connectivity index (χ2v) is 3.37. The standard InChI is InChI=1S/C11H14F3NO/c1-16-10-5-3-9(4-6-10)15-8-2-7-11(12,13)14/h3-6,15H,2,7-8H2,1H3. The predicted molar refractivity (Wildman–Crippen MR) is 56.8 cm³/mol. The summed E-state index contributed by atoms with van der Waals surface area (Å²) in [7, 11) is 1.56. The molecule has 0 radical (unpaired) electrons. The molecule has 0 saturated carbocycles. The van der Waals surface area contributed by atoms with Crippen molar-refractivity contribution >= 4 is 5.69 Å². The van der Waals surface area contributed by atoms with Crippen molar-refractivity contribution < 1.29 is 17.9 Å². The van der Waals surface area contributed by atoms with Crippen LogP contribution in [-0.4, -0.2) is 19.8 Å². The number of nitrogens with one attached hydrogen (secondary N) is 1. The van der Waals surface area contributed by atoms with Crippen LogP contribution < -0.4 is 10.1 Å². The van der Waals surface area contributed by atoms with E-state index in [1.54, 1.807) is 31.4 Å². The number of anilines is 1. The molecule has 90 valence electrons. The van der Waals surface area contributed by atoms with Crippen molar-refractivity contribution in [3.8, 4) is 5.75 Å². The second-order valence-electron chi connectivity index (χ2n) is 3.37. The van der Waals surface area contributed by atoms with E-state index in [2.05, 4.69) is 5.32 Å². The van der Waals surface area contributed by atoms with E-state index < -0.39 is 12.6 Å². The maximum atomic E-state index is 11.8. The summed E-state index contributed by atoms with van der Waals surface area (Å²) in [5.74, 6) is 0.723. The van der Waals surface area contributed by atoms with Crippen molar-refractivity contribution in [1.29, 1.82) is 0 Å². The van der Waals surface area contributed by atoms with E-state index in [4.69, 9.17) is 4.74 Å². The van der Waals surface area contributed by atoms with Gasteiger partial charge in [-0.3, -0.25) is 0 Å². The van der Waals surface area contributed by atoms with Crippen LogP contribution in [0.1, 0.15) is 12.8 Å². The maximum Gasteiger partial charge on any atom is 0.389 e. The zero-order valence-electron chi connectivity index (χ0n) is 8.97. The van der Waals surface area contributed by atoms with Crippen LogP contribution in [0.15, 0.2) is 24.3 Å².